The third-order valence-corrected chi connectivity index (χ3v) is 4.20. The minimum Gasteiger partial charge on any atom is -0.253 e. The number of benzene rings is 2. The van der Waals surface area contributed by atoms with Gasteiger partial charge >= 0.3 is 0 Å². The predicted molar refractivity (Wildman–Crippen MR) is 89.9 cm³/mol. The van der Waals surface area contributed by atoms with E-state index in [0.717, 1.165) is 29.6 Å². The van der Waals surface area contributed by atoms with Gasteiger partial charge in [-0.25, -0.2) is 0 Å². The highest BCUT2D eigenvalue weighted by Gasteiger charge is 2.10. The summed E-state index contributed by atoms with van der Waals surface area (Å²) in [6.07, 6.45) is 1.80. The van der Waals surface area contributed by atoms with Crippen molar-refractivity contribution in [3.63, 3.8) is 0 Å². The minimum absolute atomic E-state index is 0.0374. The van der Waals surface area contributed by atoms with Crippen molar-refractivity contribution >= 4 is 22.5 Å². The highest BCUT2D eigenvalue weighted by Crippen LogP contribution is 2.25. The number of aryl methyl sites for hydroxylation is 1. The number of hydrogen-bond acceptors (Lipinski definition) is 1. The Kier molecular flexibility index (Phi) is 4.21. The summed E-state index contributed by atoms with van der Waals surface area (Å²) in [5.41, 5.74) is 4.56. The van der Waals surface area contributed by atoms with E-state index in [-0.39, 0.29) is 5.38 Å². The van der Waals surface area contributed by atoms with Crippen LogP contribution in [0.15, 0.2) is 60.7 Å². The molecule has 0 saturated heterocycles. The van der Waals surface area contributed by atoms with E-state index in [1.807, 2.05) is 18.2 Å². The predicted octanol–water partition coefficient (Wildman–Crippen LogP) is 5.32. The molecule has 3 aromatic rings. The first-order valence-electron chi connectivity index (χ1n) is 7.34. The van der Waals surface area contributed by atoms with Gasteiger partial charge in [0.15, 0.2) is 0 Å². The maximum absolute atomic E-state index is 6.55. The maximum atomic E-state index is 6.55. The Morgan fingerprint density at radius 1 is 0.952 bits per heavy atom. The Labute approximate surface area is 130 Å². The van der Waals surface area contributed by atoms with Crippen molar-refractivity contribution in [3.05, 3.63) is 77.5 Å². The Balaban J connectivity index is 1.79. The zero-order valence-corrected chi connectivity index (χ0v) is 12.8. The second kappa shape index (κ2) is 6.28. The third-order valence-electron chi connectivity index (χ3n) is 3.79. The van der Waals surface area contributed by atoms with Crippen molar-refractivity contribution in [1.29, 1.82) is 0 Å². The number of nitrogens with zero attached hydrogens (tertiary/aromatic N) is 1. The fraction of sp³-hybridized carbons (Fsp3) is 0.211. The van der Waals surface area contributed by atoms with E-state index in [1.54, 1.807) is 0 Å². The van der Waals surface area contributed by atoms with Gasteiger partial charge in [-0.05, 0) is 29.7 Å². The zero-order chi connectivity index (χ0) is 14.7. The average molecular weight is 296 g/mol. The standard InChI is InChI=1S/C19H18ClN/c1-2-14-7-9-15(10-8-14)18(20)13-17-12-11-16-5-3-4-6-19(16)21-17/h3-12,18H,2,13H2,1H3. The van der Waals surface area contributed by atoms with Crippen molar-refractivity contribution in [2.75, 3.05) is 0 Å². The molecular formula is C19H18ClN. The molecule has 0 aliphatic rings. The van der Waals surface area contributed by atoms with E-state index in [0.29, 0.717) is 0 Å². The molecule has 1 heterocycles. The second-order valence-corrected chi connectivity index (χ2v) is 5.79. The number of hydrogen-bond donors (Lipinski definition) is 0. The number of fused-ring (bicyclic) bond motifs is 1. The van der Waals surface area contributed by atoms with E-state index in [1.165, 1.54) is 10.9 Å². The van der Waals surface area contributed by atoms with Gasteiger partial charge in [-0.15, -0.1) is 11.6 Å². The monoisotopic (exact) mass is 295 g/mol. The van der Waals surface area contributed by atoms with Crippen LogP contribution in [0.5, 0.6) is 0 Å². The van der Waals surface area contributed by atoms with Crippen molar-refractivity contribution in [2.24, 2.45) is 0 Å². The molecule has 106 valence electrons. The van der Waals surface area contributed by atoms with Gasteiger partial charge in [0, 0.05) is 17.5 Å². The van der Waals surface area contributed by atoms with Crippen LogP contribution >= 0.6 is 11.6 Å². The maximum Gasteiger partial charge on any atom is 0.0705 e. The fourth-order valence-corrected chi connectivity index (χ4v) is 2.79. The molecule has 21 heavy (non-hydrogen) atoms. The Bertz CT molecular complexity index is 734. The van der Waals surface area contributed by atoms with Crippen LogP contribution in [-0.4, -0.2) is 4.98 Å². The normalized spacial score (nSPS) is 12.5. The van der Waals surface area contributed by atoms with Crippen LogP contribution in [0.4, 0.5) is 0 Å². The molecule has 2 heteroatoms. The van der Waals surface area contributed by atoms with Crippen molar-refractivity contribution in [1.82, 2.24) is 4.98 Å². The molecule has 0 aliphatic heterocycles. The fourth-order valence-electron chi connectivity index (χ4n) is 2.49. The van der Waals surface area contributed by atoms with E-state index in [4.69, 9.17) is 11.6 Å². The number of para-hydroxylation sites is 1. The highest BCUT2D eigenvalue weighted by atomic mass is 35.5. The molecule has 1 aromatic heterocycles. The van der Waals surface area contributed by atoms with Crippen LogP contribution in [0.25, 0.3) is 10.9 Å². The molecule has 0 fully saturated rings. The second-order valence-electron chi connectivity index (χ2n) is 5.26. The highest BCUT2D eigenvalue weighted by molar-refractivity contribution is 6.20. The average Bonchev–Trinajstić information content (AvgIpc) is 2.55. The summed E-state index contributed by atoms with van der Waals surface area (Å²) in [7, 11) is 0. The summed E-state index contributed by atoms with van der Waals surface area (Å²) in [4.78, 5) is 4.69. The topological polar surface area (TPSA) is 12.9 Å². The lowest BCUT2D eigenvalue weighted by molar-refractivity contribution is 0.886. The largest absolute Gasteiger partial charge is 0.253 e. The van der Waals surface area contributed by atoms with Crippen molar-refractivity contribution < 1.29 is 0 Å². The van der Waals surface area contributed by atoms with Gasteiger partial charge in [0.25, 0.3) is 0 Å². The SMILES string of the molecule is CCc1ccc(C(Cl)Cc2ccc3ccccc3n2)cc1. The number of pyridine rings is 1. The minimum atomic E-state index is -0.0374. The van der Waals surface area contributed by atoms with Crippen LogP contribution < -0.4 is 0 Å². The molecule has 0 amide bonds. The Morgan fingerprint density at radius 3 is 2.48 bits per heavy atom. The summed E-state index contributed by atoms with van der Waals surface area (Å²) < 4.78 is 0. The van der Waals surface area contributed by atoms with Gasteiger partial charge in [0.2, 0.25) is 0 Å². The lowest BCUT2D eigenvalue weighted by Gasteiger charge is -2.10. The molecule has 3 rings (SSSR count). The van der Waals surface area contributed by atoms with Gasteiger partial charge < -0.3 is 0 Å². The number of alkyl halides is 1. The molecule has 0 N–H and O–H groups in total. The third kappa shape index (κ3) is 3.25. The van der Waals surface area contributed by atoms with Crippen LogP contribution in [-0.2, 0) is 12.8 Å². The summed E-state index contributed by atoms with van der Waals surface area (Å²) in [6.45, 7) is 2.16. The van der Waals surface area contributed by atoms with Crippen LogP contribution in [0.1, 0.15) is 29.1 Å². The molecule has 1 nitrogen and oxygen atoms in total. The molecule has 0 spiro atoms. The lowest BCUT2D eigenvalue weighted by atomic mass is 10.0. The lowest BCUT2D eigenvalue weighted by Crippen LogP contribution is -1.98. The quantitative estimate of drug-likeness (QED) is 0.594. The van der Waals surface area contributed by atoms with Gasteiger partial charge in [-0.2, -0.15) is 0 Å². The van der Waals surface area contributed by atoms with Gasteiger partial charge in [-0.1, -0.05) is 55.5 Å². The molecule has 0 radical (unpaired) electrons. The first-order valence-corrected chi connectivity index (χ1v) is 7.77. The van der Waals surface area contributed by atoms with E-state index in [2.05, 4.69) is 54.4 Å². The van der Waals surface area contributed by atoms with Crippen molar-refractivity contribution in [3.8, 4) is 0 Å². The summed E-state index contributed by atoms with van der Waals surface area (Å²) in [6, 6.07) is 20.9. The Morgan fingerprint density at radius 2 is 1.71 bits per heavy atom. The van der Waals surface area contributed by atoms with E-state index >= 15 is 0 Å². The molecule has 0 bridgehead atoms. The number of rotatable bonds is 4. The molecule has 1 unspecified atom stereocenters. The molecule has 0 saturated carbocycles. The molecule has 1 atom stereocenters. The summed E-state index contributed by atoms with van der Waals surface area (Å²) in [5, 5.41) is 1.13. The number of aromatic nitrogens is 1. The number of halogens is 1. The van der Waals surface area contributed by atoms with Crippen molar-refractivity contribution in [2.45, 2.75) is 25.1 Å². The first-order chi connectivity index (χ1) is 10.3. The van der Waals surface area contributed by atoms with Gasteiger partial charge in [-0.3, -0.25) is 4.98 Å². The smallest absolute Gasteiger partial charge is 0.0705 e. The zero-order valence-electron chi connectivity index (χ0n) is 12.1. The van der Waals surface area contributed by atoms with Gasteiger partial charge in [0.1, 0.15) is 0 Å². The van der Waals surface area contributed by atoms with Crippen LogP contribution in [0, 0.1) is 0 Å². The van der Waals surface area contributed by atoms with Crippen LogP contribution in [0.2, 0.25) is 0 Å². The molecular weight excluding hydrogens is 278 g/mol. The summed E-state index contributed by atoms with van der Waals surface area (Å²) >= 11 is 6.55. The first kappa shape index (κ1) is 14.1. The van der Waals surface area contributed by atoms with E-state index < -0.39 is 0 Å². The Hall–Kier alpha value is -1.86. The summed E-state index contributed by atoms with van der Waals surface area (Å²) in [5.74, 6) is 0. The molecule has 0 aliphatic carbocycles. The van der Waals surface area contributed by atoms with E-state index in [9.17, 15) is 0 Å². The molecule has 2 aromatic carbocycles. The van der Waals surface area contributed by atoms with Gasteiger partial charge in [0.05, 0.1) is 10.9 Å². The van der Waals surface area contributed by atoms with Crippen LogP contribution in [0.3, 0.4) is 0 Å².